The number of anilines is 1. The van der Waals surface area contributed by atoms with Gasteiger partial charge >= 0.3 is 5.97 Å². The Balaban J connectivity index is 1.32. The lowest BCUT2D eigenvalue weighted by Gasteiger charge is -2.23. The zero-order valence-corrected chi connectivity index (χ0v) is 17.6. The molecule has 0 saturated carbocycles. The highest BCUT2D eigenvalue weighted by molar-refractivity contribution is 6.10. The fourth-order valence-corrected chi connectivity index (χ4v) is 3.65. The first-order valence-corrected chi connectivity index (χ1v) is 10.2. The maximum atomic E-state index is 12.6. The third kappa shape index (κ3) is 4.16. The van der Waals surface area contributed by atoms with Gasteiger partial charge in [-0.3, -0.25) is 14.5 Å². The zero-order chi connectivity index (χ0) is 22.7. The number of rotatable bonds is 6. The molecule has 1 unspecified atom stereocenters. The van der Waals surface area contributed by atoms with Gasteiger partial charge in [0.15, 0.2) is 6.61 Å². The molecule has 1 N–H and O–H groups in total. The van der Waals surface area contributed by atoms with Crippen LogP contribution >= 0.6 is 0 Å². The summed E-state index contributed by atoms with van der Waals surface area (Å²) in [6.07, 6.45) is 0. The summed E-state index contributed by atoms with van der Waals surface area (Å²) in [6, 6.07) is 23.4. The van der Waals surface area contributed by atoms with Crippen molar-refractivity contribution in [2.24, 2.45) is 0 Å². The number of esters is 1. The Morgan fingerprint density at radius 2 is 1.50 bits per heavy atom. The van der Waals surface area contributed by atoms with Crippen LogP contribution in [0, 0.1) is 0 Å². The Hall–Kier alpha value is -4.19. The number of ether oxygens (including phenoxy) is 1. The normalized spacial score (nSPS) is 13.5. The second-order valence-corrected chi connectivity index (χ2v) is 7.44. The Morgan fingerprint density at radius 1 is 0.906 bits per heavy atom. The van der Waals surface area contributed by atoms with Crippen LogP contribution < -0.4 is 5.32 Å². The molecule has 1 heterocycles. The van der Waals surface area contributed by atoms with Crippen LogP contribution in [0.3, 0.4) is 0 Å². The fourth-order valence-electron chi connectivity index (χ4n) is 3.65. The predicted molar refractivity (Wildman–Crippen MR) is 123 cm³/mol. The summed E-state index contributed by atoms with van der Waals surface area (Å²) in [7, 11) is 0. The van der Waals surface area contributed by atoms with Gasteiger partial charge in [0.05, 0.1) is 0 Å². The summed E-state index contributed by atoms with van der Waals surface area (Å²) >= 11 is 0. The van der Waals surface area contributed by atoms with Crippen molar-refractivity contribution in [2.45, 2.75) is 13.0 Å². The van der Waals surface area contributed by atoms with Gasteiger partial charge in [-0.2, -0.15) is 0 Å². The summed E-state index contributed by atoms with van der Waals surface area (Å²) in [5.41, 5.74) is 4.33. The van der Waals surface area contributed by atoms with E-state index in [2.05, 4.69) is 11.9 Å². The van der Waals surface area contributed by atoms with Crippen molar-refractivity contribution < 1.29 is 19.1 Å². The van der Waals surface area contributed by atoms with Crippen LogP contribution in [0.2, 0.25) is 0 Å². The maximum Gasteiger partial charge on any atom is 0.329 e. The van der Waals surface area contributed by atoms with E-state index >= 15 is 0 Å². The third-order valence-corrected chi connectivity index (χ3v) is 5.33. The second kappa shape index (κ2) is 8.89. The number of hydrogen-bond acceptors (Lipinski definition) is 4. The summed E-state index contributed by atoms with van der Waals surface area (Å²) in [5, 5.41) is 2.70. The average molecular weight is 426 g/mol. The first kappa shape index (κ1) is 21.1. The Labute approximate surface area is 186 Å². The number of benzene rings is 3. The molecule has 0 bridgehead atoms. The second-order valence-electron chi connectivity index (χ2n) is 7.44. The molecule has 1 aliphatic rings. The number of carbonyl (C=O) groups excluding carboxylic acids is 3. The summed E-state index contributed by atoms with van der Waals surface area (Å²) in [6.45, 7) is 5.03. The van der Waals surface area contributed by atoms with Crippen molar-refractivity contribution in [1.82, 2.24) is 4.90 Å². The molecule has 6 heteroatoms. The molecule has 0 aromatic heterocycles. The standard InChI is InChI=1S/C26H22N2O4/c1-17-22-10-6-7-11-23(22)25(30)28(17)18(2)26(31)32-16-24(29)27-21-14-12-20(13-15-21)19-8-4-3-5-9-19/h3-15,18H,1,16H2,2H3,(H,27,29). The molecule has 6 nitrogen and oxygen atoms in total. The molecule has 1 atom stereocenters. The number of hydrogen-bond donors (Lipinski definition) is 1. The Morgan fingerprint density at radius 3 is 2.16 bits per heavy atom. The highest BCUT2D eigenvalue weighted by Crippen LogP contribution is 2.33. The number of carbonyl (C=O) groups is 3. The predicted octanol–water partition coefficient (Wildman–Crippen LogP) is 4.35. The van der Waals surface area contributed by atoms with E-state index in [4.69, 9.17) is 4.74 Å². The summed E-state index contributed by atoms with van der Waals surface area (Å²) in [4.78, 5) is 38.7. The van der Waals surface area contributed by atoms with Gasteiger partial charge in [0.25, 0.3) is 11.8 Å². The number of nitrogens with zero attached hydrogens (tertiary/aromatic N) is 1. The van der Waals surface area contributed by atoms with Gasteiger partial charge in [0.2, 0.25) is 0 Å². The number of fused-ring (bicyclic) bond motifs is 1. The van der Waals surface area contributed by atoms with Crippen LogP contribution in [0.1, 0.15) is 22.8 Å². The van der Waals surface area contributed by atoms with E-state index in [9.17, 15) is 14.4 Å². The van der Waals surface area contributed by atoms with Crippen molar-refractivity contribution in [3.8, 4) is 11.1 Å². The van der Waals surface area contributed by atoms with Crippen LogP contribution in [-0.2, 0) is 14.3 Å². The van der Waals surface area contributed by atoms with E-state index in [0.717, 1.165) is 11.1 Å². The molecule has 160 valence electrons. The minimum atomic E-state index is -0.902. The summed E-state index contributed by atoms with van der Waals surface area (Å²) < 4.78 is 5.15. The average Bonchev–Trinajstić information content (AvgIpc) is 3.08. The SMILES string of the molecule is C=C1c2ccccc2C(=O)N1C(C)C(=O)OCC(=O)Nc1ccc(-c2ccccc2)cc1. The minimum Gasteiger partial charge on any atom is -0.454 e. The van der Waals surface area contributed by atoms with Gasteiger partial charge in [-0.1, -0.05) is 67.2 Å². The van der Waals surface area contributed by atoms with Crippen molar-refractivity contribution in [2.75, 3.05) is 11.9 Å². The smallest absolute Gasteiger partial charge is 0.329 e. The Kier molecular flexibility index (Phi) is 5.85. The van der Waals surface area contributed by atoms with E-state index < -0.39 is 24.5 Å². The molecule has 0 fully saturated rings. The quantitative estimate of drug-likeness (QED) is 0.595. The van der Waals surface area contributed by atoms with Crippen LogP contribution in [-0.4, -0.2) is 35.3 Å². The van der Waals surface area contributed by atoms with Gasteiger partial charge < -0.3 is 10.1 Å². The monoisotopic (exact) mass is 426 g/mol. The molecular formula is C26H22N2O4. The molecule has 32 heavy (non-hydrogen) atoms. The molecule has 0 aliphatic carbocycles. The van der Waals surface area contributed by atoms with Crippen molar-refractivity contribution in [3.05, 3.63) is 96.6 Å². The molecule has 3 aromatic carbocycles. The third-order valence-electron chi connectivity index (χ3n) is 5.33. The van der Waals surface area contributed by atoms with Crippen molar-refractivity contribution in [1.29, 1.82) is 0 Å². The van der Waals surface area contributed by atoms with E-state index in [1.54, 1.807) is 43.3 Å². The number of nitrogens with one attached hydrogen (secondary N) is 1. The molecule has 2 amide bonds. The van der Waals surface area contributed by atoms with E-state index in [1.807, 2.05) is 42.5 Å². The van der Waals surface area contributed by atoms with E-state index in [1.165, 1.54) is 4.90 Å². The van der Waals surface area contributed by atoms with Gasteiger partial charge in [0.1, 0.15) is 6.04 Å². The van der Waals surface area contributed by atoms with Crippen molar-refractivity contribution in [3.63, 3.8) is 0 Å². The van der Waals surface area contributed by atoms with Crippen molar-refractivity contribution >= 4 is 29.2 Å². The molecule has 0 radical (unpaired) electrons. The van der Waals surface area contributed by atoms with Crippen LogP contribution in [0.4, 0.5) is 5.69 Å². The molecule has 1 aliphatic heterocycles. The minimum absolute atomic E-state index is 0.307. The molecule has 0 saturated heterocycles. The number of amides is 2. The van der Waals surface area contributed by atoms with Gasteiger partial charge in [-0.05, 0) is 36.2 Å². The lowest BCUT2D eigenvalue weighted by molar-refractivity contribution is -0.150. The first-order chi connectivity index (χ1) is 15.5. The van der Waals surface area contributed by atoms with Gasteiger partial charge in [0, 0.05) is 22.5 Å². The lowest BCUT2D eigenvalue weighted by atomic mass is 10.1. The van der Waals surface area contributed by atoms with Crippen LogP contribution in [0.15, 0.2) is 85.4 Å². The topological polar surface area (TPSA) is 75.7 Å². The van der Waals surface area contributed by atoms with Gasteiger partial charge in [-0.25, -0.2) is 4.79 Å². The van der Waals surface area contributed by atoms with E-state index in [-0.39, 0.29) is 5.91 Å². The molecule has 3 aromatic rings. The maximum absolute atomic E-state index is 12.6. The van der Waals surface area contributed by atoms with Crippen LogP contribution in [0.25, 0.3) is 16.8 Å². The molecular weight excluding hydrogens is 404 g/mol. The Bertz CT molecular complexity index is 1150. The molecule has 4 rings (SSSR count). The zero-order valence-electron chi connectivity index (χ0n) is 17.6. The highest BCUT2D eigenvalue weighted by Gasteiger charge is 2.37. The first-order valence-electron chi connectivity index (χ1n) is 10.2. The lowest BCUT2D eigenvalue weighted by Crippen LogP contribution is -2.40. The van der Waals surface area contributed by atoms with Gasteiger partial charge in [-0.15, -0.1) is 0 Å². The molecule has 0 spiro atoms. The van der Waals surface area contributed by atoms with E-state index in [0.29, 0.717) is 22.5 Å². The summed E-state index contributed by atoms with van der Waals surface area (Å²) in [5.74, 6) is -1.45. The highest BCUT2D eigenvalue weighted by atomic mass is 16.5. The fraction of sp³-hybridized carbons (Fsp3) is 0.115. The largest absolute Gasteiger partial charge is 0.454 e. The van der Waals surface area contributed by atoms with Crippen LogP contribution in [0.5, 0.6) is 0 Å².